The molecule has 88 valence electrons. The molecule has 0 atom stereocenters. The number of aryl methyl sites for hydroxylation is 1. The maximum absolute atomic E-state index is 11.0. The summed E-state index contributed by atoms with van der Waals surface area (Å²) in [6.07, 6.45) is 0.851. The normalized spacial score (nSPS) is 10.1. The number of nitrogens with one attached hydrogen (secondary N) is 1. The van der Waals surface area contributed by atoms with Crippen LogP contribution in [0.2, 0.25) is 0 Å². The monoisotopic (exact) mass is 223 g/mol. The van der Waals surface area contributed by atoms with Crippen molar-refractivity contribution in [1.82, 2.24) is 0 Å². The molecule has 0 aliphatic carbocycles. The molecule has 2 N–H and O–H groups in total. The number of benzene rings is 1. The van der Waals surface area contributed by atoms with Crippen molar-refractivity contribution in [3.8, 4) is 0 Å². The van der Waals surface area contributed by atoms with Crippen LogP contribution in [-0.4, -0.2) is 31.3 Å². The first kappa shape index (κ1) is 12.5. The SMILES string of the molecule is COCCCNc1cc(C)ccc1C(=O)O. The Morgan fingerprint density at radius 2 is 2.25 bits per heavy atom. The Morgan fingerprint density at radius 1 is 1.50 bits per heavy atom. The molecular weight excluding hydrogens is 206 g/mol. The predicted octanol–water partition coefficient (Wildman–Crippen LogP) is 2.14. The van der Waals surface area contributed by atoms with Gasteiger partial charge < -0.3 is 15.2 Å². The molecule has 0 spiro atoms. The van der Waals surface area contributed by atoms with Gasteiger partial charge in [0.1, 0.15) is 0 Å². The van der Waals surface area contributed by atoms with Gasteiger partial charge in [0.25, 0.3) is 0 Å². The van der Waals surface area contributed by atoms with Crippen LogP contribution in [-0.2, 0) is 4.74 Å². The number of aromatic carboxylic acids is 1. The Bertz CT molecular complexity index is 363. The summed E-state index contributed by atoms with van der Waals surface area (Å²) in [5.41, 5.74) is 2.02. The van der Waals surface area contributed by atoms with E-state index in [4.69, 9.17) is 9.84 Å². The summed E-state index contributed by atoms with van der Waals surface area (Å²) in [5.74, 6) is -0.908. The number of carboxylic acid groups (broad SMARTS) is 1. The van der Waals surface area contributed by atoms with Gasteiger partial charge in [0.05, 0.1) is 5.56 Å². The molecule has 0 aliphatic heterocycles. The fourth-order valence-corrected chi connectivity index (χ4v) is 1.43. The third-order valence-electron chi connectivity index (χ3n) is 2.25. The van der Waals surface area contributed by atoms with Gasteiger partial charge in [-0.15, -0.1) is 0 Å². The van der Waals surface area contributed by atoms with E-state index in [0.717, 1.165) is 12.0 Å². The highest BCUT2D eigenvalue weighted by Crippen LogP contribution is 2.17. The Balaban J connectivity index is 2.68. The van der Waals surface area contributed by atoms with E-state index in [-0.39, 0.29) is 0 Å². The van der Waals surface area contributed by atoms with E-state index in [2.05, 4.69) is 5.32 Å². The summed E-state index contributed by atoms with van der Waals surface area (Å²) in [6, 6.07) is 5.26. The van der Waals surface area contributed by atoms with E-state index in [9.17, 15) is 4.79 Å². The fraction of sp³-hybridized carbons (Fsp3) is 0.417. The van der Waals surface area contributed by atoms with Crippen molar-refractivity contribution >= 4 is 11.7 Å². The highest BCUT2D eigenvalue weighted by Gasteiger charge is 2.08. The molecule has 4 nitrogen and oxygen atoms in total. The van der Waals surface area contributed by atoms with Gasteiger partial charge in [0.2, 0.25) is 0 Å². The number of carboxylic acids is 1. The summed E-state index contributed by atoms with van der Waals surface area (Å²) in [5, 5.41) is 12.1. The second-order valence-corrected chi connectivity index (χ2v) is 3.63. The lowest BCUT2D eigenvalue weighted by Crippen LogP contribution is -2.09. The second-order valence-electron chi connectivity index (χ2n) is 3.63. The van der Waals surface area contributed by atoms with Crippen LogP contribution >= 0.6 is 0 Å². The van der Waals surface area contributed by atoms with Gasteiger partial charge in [0.15, 0.2) is 0 Å². The lowest BCUT2D eigenvalue weighted by Gasteiger charge is -2.10. The molecule has 0 radical (unpaired) electrons. The maximum Gasteiger partial charge on any atom is 0.337 e. The molecule has 0 aliphatic rings. The largest absolute Gasteiger partial charge is 0.478 e. The first-order chi connectivity index (χ1) is 7.65. The van der Waals surface area contributed by atoms with Crippen LogP contribution < -0.4 is 5.32 Å². The van der Waals surface area contributed by atoms with E-state index in [1.54, 1.807) is 19.2 Å². The average Bonchev–Trinajstić information content (AvgIpc) is 2.24. The Hall–Kier alpha value is -1.55. The molecule has 16 heavy (non-hydrogen) atoms. The van der Waals surface area contributed by atoms with Crippen molar-refractivity contribution in [3.05, 3.63) is 29.3 Å². The van der Waals surface area contributed by atoms with Gasteiger partial charge in [-0.05, 0) is 31.0 Å². The van der Waals surface area contributed by atoms with Gasteiger partial charge >= 0.3 is 5.97 Å². The van der Waals surface area contributed by atoms with Crippen molar-refractivity contribution in [1.29, 1.82) is 0 Å². The number of carbonyl (C=O) groups is 1. The van der Waals surface area contributed by atoms with Crippen molar-refractivity contribution < 1.29 is 14.6 Å². The number of anilines is 1. The fourth-order valence-electron chi connectivity index (χ4n) is 1.43. The minimum atomic E-state index is -0.908. The Labute approximate surface area is 95.2 Å². The molecule has 0 saturated carbocycles. The highest BCUT2D eigenvalue weighted by atomic mass is 16.5. The summed E-state index contributed by atoms with van der Waals surface area (Å²) in [7, 11) is 1.65. The van der Waals surface area contributed by atoms with E-state index in [1.807, 2.05) is 13.0 Å². The molecule has 0 aromatic heterocycles. The maximum atomic E-state index is 11.0. The lowest BCUT2D eigenvalue weighted by atomic mass is 10.1. The van der Waals surface area contributed by atoms with Gasteiger partial charge in [-0.1, -0.05) is 6.07 Å². The predicted molar refractivity (Wildman–Crippen MR) is 63.1 cm³/mol. The van der Waals surface area contributed by atoms with Crippen LogP contribution in [0.4, 0.5) is 5.69 Å². The van der Waals surface area contributed by atoms with E-state index < -0.39 is 5.97 Å². The summed E-state index contributed by atoms with van der Waals surface area (Å²) in [4.78, 5) is 11.0. The third-order valence-corrected chi connectivity index (χ3v) is 2.25. The zero-order chi connectivity index (χ0) is 12.0. The number of ether oxygens (including phenoxy) is 1. The first-order valence-corrected chi connectivity index (χ1v) is 5.22. The van der Waals surface area contributed by atoms with E-state index in [1.165, 1.54) is 0 Å². The quantitative estimate of drug-likeness (QED) is 0.725. The first-order valence-electron chi connectivity index (χ1n) is 5.22. The molecule has 1 aromatic rings. The second kappa shape index (κ2) is 6.12. The average molecular weight is 223 g/mol. The van der Waals surface area contributed by atoms with Crippen molar-refractivity contribution in [3.63, 3.8) is 0 Å². The molecule has 0 saturated heterocycles. The van der Waals surface area contributed by atoms with Crippen LogP contribution in [0.5, 0.6) is 0 Å². The van der Waals surface area contributed by atoms with Gasteiger partial charge in [-0.25, -0.2) is 4.79 Å². The third kappa shape index (κ3) is 3.55. The van der Waals surface area contributed by atoms with Crippen LogP contribution in [0.1, 0.15) is 22.3 Å². The van der Waals surface area contributed by atoms with Crippen molar-refractivity contribution in [2.45, 2.75) is 13.3 Å². The molecule has 1 aromatic carbocycles. The van der Waals surface area contributed by atoms with Crippen molar-refractivity contribution in [2.75, 3.05) is 25.6 Å². The molecular formula is C12H17NO3. The smallest absolute Gasteiger partial charge is 0.337 e. The topological polar surface area (TPSA) is 58.6 Å². The standard InChI is InChI=1S/C12H17NO3/c1-9-4-5-10(12(14)15)11(8-9)13-6-3-7-16-2/h4-5,8,13H,3,6-7H2,1-2H3,(H,14,15). The molecule has 1 rings (SSSR count). The van der Waals surface area contributed by atoms with Crippen LogP contribution in [0.25, 0.3) is 0 Å². The molecule has 0 fully saturated rings. The van der Waals surface area contributed by atoms with Crippen LogP contribution in [0, 0.1) is 6.92 Å². The van der Waals surface area contributed by atoms with E-state index in [0.29, 0.717) is 24.4 Å². The Morgan fingerprint density at radius 3 is 2.88 bits per heavy atom. The van der Waals surface area contributed by atoms with Crippen molar-refractivity contribution in [2.24, 2.45) is 0 Å². The minimum absolute atomic E-state index is 0.308. The van der Waals surface area contributed by atoms with Crippen LogP contribution in [0.3, 0.4) is 0 Å². The molecule has 0 bridgehead atoms. The number of methoxy groups -OCH3 is 1. The van der Waals surface area contributed by atoms with Crippen LogP contribution in [0.15, 0.2) is 18.2 Å². The zero-order valence-corrected chi connectivity index (χ0v) is 9.62. The molecule has 0 heterocycles. The molecule has 0 amide bonds. The highest BCUT2D eigenvalue weighted by molar-refractivity contribution is 5.94. The number of hydrogen-bond acceptors (Lipinski definition) is 3. The minimum Gasteiger partial charge on any atom is -0.478 e. The number of rotatable bonds is 6. The summed E-state index contributed by atoms with van der Waals surface area (Å²) >= 11 is 0. The van der Waals surface area contributed by atoms with Gasteiger partial charge in [-0.3, -0.25) is 0 Å². The van der Waals surface area contributed by atoms with E-state index >= 15 is 0 Å². The lowest BCUT2D eigenvalue weighted by molar-refractivity contribution is 0.0698. The number of hydrogen-bond donors (Lipinski definition) is 2. The zero-order valence-electron chi connectivity index (χ0n) is 9.62. The Kier molecular flexibility index (Phi) is 4.79. The van der Waals surface area contributed by atoms with Gasteiger partial charge in [-0.2, -0.15) is 0 Å². The summed E-state index contributed by atoms with van der Waals surface area (Å²) in [6.45, 7) is 3.31. The summed E-state index contributed by atoms with van der Waals surface area (Å²) < 4.78 is 4.92. The molecule has 4 heteroatoms. The molecule has 0 unspecified atom stereocenters. The van der Waals surface area contributed by atoms with Gasteiger partial charge in [0, 0.05) is 25.9 Å².